The standard InChI is InChI=1S/C15H24N2O3S/c1-12(2)20-10-11-21(18,19)17-9-5-7-14(16)13-6-3-4-8-15(13)17/h3-4,6,8,12,14H,5,7,9-11,16H2,1-2H3. The summed E-state index contributed by atoms with van der Waals surface area (Å²) in [6.07, 6.45) is 1.59. The minimum absolute atomic E-state index is 0.00521. The van der Waals surface area contributed by atoms with Crippen molar-refractivity contribution in [2.24, 2.45) is 5.73 Å². The Bertz CT molecular complexity index is 572. The van der Waals surface area contributed by atoms with E-state index >= 15 is 0 Å². The first kappa shape index (κ1) is 16.3. The SMILES string of the molecule is CC(C)OCCS(=O)(=O)N1CCCC(N)c2ccccc21. The normalized spacial score (nSPS) is 19.4. The maximum Gasteiger partial charge on any atom is 0.237 e. The van der Waals surface area contributed by atoms with Crippen molar-refractivity contribution in [2.45, 2.75) is 38.8 Å². The zero-order chi connectivity index (χ0) is 15.5. The largest absolute Gasteiger partial charge is 0.378 e. The van der Waals surface area contributed by atoms with Crippen molar-refractivity contribution >= 4 is 15.7 Å². The van der Waals surface area contributed by atoms with Gasteiger partial charge in [0.1, 0.15) is 0 Å². The van der Waals surface area contributed by atoms with E-state index in [4.69, 9.17) is 10.5 Å². The lowest BCUT2D eigenvalue weighted by molar-refractivity contribution is 0.0912. The molecule has 0 spiro atoms. The van der Waals surface area contributed by atoms with Gasteiger partial charge in [-0.1, -0.05) is 18.2 Å². The highest BCUT2D eigenvalue weighted by atomic mass is 32.2. The molecule has 1 aliphatic rings. The van der Waals surface area contributed by atoms with Crippen LogP contribution >= 0.6 is 0 Å². The van der Waals surface area contributed by atoms with Gasteiger partial charge in [-0.3, -0.25) is 4.31 Å². The monoisotopic (exact) mass is 312 g/mol. The van der Waals surface area contributed by atoms with Crippen molar-refractivity contribution in [3.63, 3.8) is 0 Å². The Labute approximate surface area is 127 Å². The van der Waals surface area contributed by atoms with E-state index in [2.05, 4.69) is 0 Å². The van der Waals surface area contributed by atoms with Crippen LogP contribution in [0.25, 0.3) is 0 Å². The molecule has 2 N–H and O–H groups in total. The molecule has 1 aromatic carbocycles. The van der Waals surface area contributed by atoms with Gasteiger partial charge in [0.05, 0.1) is 24.2 Å². The van der Waals surface area contributed by atoms with E-state index in [1.165, 1.54) is 4.31 Å². The molecule has 1 unspecified atom stereocenters. The molecule has 0 fully saturated rings. The number of ether oxygens (including phenoxy) is 1. The summed E-state index contributed by atoms with van der Waals surface area (Å²) >= 11 is 0. The van der Waals surface area contributed by atoms with Crippen LogP contribution in [0.15, 0.2) is 24.3 Å². The van der Waals surface area contributed by atoms with Crippen LogP contribution in [0.1, 0.15) is 38.3 Å². The summed E-state index contributed by atoms with van der Waals surface area (Å²) < 4.78 is 32.1. The van der Waals surface area contributed by atoms with Gasteiger partial charge in [-0.25, -0.2) is 8.42 Å². The lowest BCUT2D eigenvalue weighted by atomic mass is 10.0. The van der Waals surface area contributed by atoms with Crippen molar-refractivity contribution in [3.8, 4) is 0 Å². The highest BCUT2D eigenvalue weighted by Crippen LogP contribution is 2.33. The van der Waals surface area contributed by atoms with Gasteiger partial charge < -0.3 is 10.5 Å². The first-order chi connectivity index (χ1) is 9.92. The third-order valence-electron chi connectivity index (χ3n) is 3.61. The second-order valence-corrected chi connectivity index (χ2v) is 7.63. The molecular weight excluding hydrogens is 288 g/mol. The first-order valence-corrected chi connectivity index (χ1v) is 8.99. The Hall–Kier alpha value is -1.11. The van der Waals surface area contributed by atoms with E-state index in [-0.39, 0.29) is 24.5 Å². The minimum Gasteiger partial charge on any atom is -0.378 e. The second-order valence-electron chi connectivity index (χ2n) is 5.62. The van der Waals surface area contributed by atoms with Crippen LogP contribution in [0.2, 0.25) is 0 Å². The van der Waals surface area contributed by atoms with Gasteiger partial charge in [0.25, 0.3) is 0 Å². The van der Waals surface area contributed by atoms with Crippen LogP contribution in [0.3, 0.4) is 0 Å². The fourth-order valence-electron chi connectivity index (χ4n) is 2.55. The van der Waals surface area contributed by atoms with Crippen molar-refractivity contribution in [3.05, 3.63) is 29.8 Å². The number of hydrogen-bond acceptors (Lipinski definition) is 4. The second kappa shape index (κ2) is 6.77. The molecule has 6 heteroatoms. The maximum atomic E-state index is 12.6. The zero-order valence-corrected chi connectivity index (χ0v) is 13.5. The molecule has 0 saturated heterocycles. The number of nitrogens with zero attached hydrogens (tertiary/aromatic N) is 1. The van der Waals surface area contributed by atoms with Gasteiger partial charge >= 0.3 is 0 Å². The lowest BCUT2D eigenvalue weighted by Crippen LogP contribution is -2.35. The van der Waals surface area contributed by atoms with E-state index in [0.29, 0.717) is 12.2 Å². The third-order valence-corrected chi connectivity index (χ3v) is 5.34. The summed E-state index contributed by atoms with van der Waals surface area (Å²) in [6, 6.07) is 7.40. The quantitative estimate of drug-likeness (QED) is 0.903. The Morgan fingerprint density at radius 3 is 2.81 bits per heavy atom. The van der Waals surface area contributed by atoms with E-state index in [9.17, 15) is 8.42 Å². The van der Waals surface area contributed by atoms with Crippen LogP contribution in [0, 0.1) is 0 Å². The Morgan fingerprint density at radius 1 is 1.38 bits per heavy atom. The number of nitrogens with two attached hydrogens (primary N) is 1. The molecule has 1 aromatic rings. The van der Waals surface area contributed by atoms with Crippen LogP contribution < -0.4 is 10.0 Å². The van der Waals surface area contributed by atoms with E-state index in [1.54, 1.807) is 0 Å². The van der Waals surface area contributed by atoms with Crippen molar-refractivity contribution in [1.29, 1.82) is 0 Å². The van der Waals surface area contributed by atoms with Crippen molar-refractivity contribution in [2.75, 3.05) is 23.2 Å². The molecule has 5 nitrogen and oxygen atoms in total. The topological polar surface area (TPSA) is 72.6 Å². The summed E-state index contributed by atoms with van der Waals surface area (Å²) in [4.78, 5) is 0. The van der Waals surface area contributed by atoms with E-state index < -0.39 is 10.0 Å². The molecule has 1 atom stereocenters. The Kier molecular flexibility index (Phi) is 5.24. The van der Waals surface area contributed by atoms with E-state index in [0.717, 1.165) is 18.4 Å². The number of rotatable bonds is 5. The highest BCUT2D eigenvalue weighted by Gasteiger charge is 2.28. The smallest absolute Gasteiger partial charge is 0.237 e. The first-order valence-electron chi connectivity index (χ1n) is 7.38. The van der Waals surface area contributed by atoms with Gasteiger partial charge in [-0.05, 0) is 38.3 Å². The van der Waals surface area contributed by atoms with Crippen LogP contribution in [0.4, 0.5) is 5.69 Å². The number of sulfonamides is 1. The number of fused-ring (bicyclic) bond motifs is 1. The molecule has 0 aliphatic carbocycles. The zero-order valence-electron chi connectivity index (χ0n) is 12.7. The van der Waals surface area contributed by atoms with Crippen LogP contribution in [-0.2, 0) is 14.8 Å². The average Bonchev–Trinajstić information content (AvgIpc) is 2.58. The van der Waals surface area contributed by atoms with Gasteiger partial charge in [-0.2, -0.15) is 0 Å². The third kappa shape index (κ3) is 3.96. The average molecular weight is 312 g/mol. The molecule has 1 aliphatic heterocycles. The molecule has 0 saturated carbocycles. The van der Waals surface area contributed by atoms with Crippen molar-refractivity contribution < 1.29 is 13.2 Å². The van der Waals surface area contributed by atoms with Gasteiger partial charge in [0, 0.05) is 12.6 Å². The molecule has 1 heterocycles. The number of anilines is 1. The van der Waals surface area contributed by atoms with Gasteiger partial charge in [0.2, 0.25) is 10.0 Å². The molecule has 0 amide bonds. The fourth-order valence-corrected chi connectivity index (χ4v) is 3.95. The van der Waals surface area contributed by atoms with Gasteiger partial charge in [-0.15, -0.1) is 0 Å². The molecular formula is C15H24N2O3S. The minimum atomic E-state index is -3.39. The number of para-hydroxylation sites is 1. The number of benzene rings is 1. The van der Waals surface area contributed by atoms with Gasteiger partial charge in [0.15, 0.2) is 0 Å². The number of hydrogen-bond donors (Lipinski definition) is 1. The van der Waals surface area contributed by atoms with Crippen LogP contribution in [-0.4, -0.2) is 33.4 Å². The predicted octanol–water partition coefficient (Wildman–Crippen LogP) is 2.04. The molecule has 0 aromatic heterocycles. The lowest BCUT2D eigenvalue weighted by Gasteiger charge is -2.25. The molecule has 2 rings (SSSR count). The maximum absolute atomic E-state index is 12.6. The summed E-state index contributed by atoms with van der Waals surface area (Å²) in [5, 5.41) is 0. The predicted molar refractivity (Wildman–Crippen MR) is 84.8 cm³/mol. The van der Waals surface area contributed by atoms with Crippen molar-refractivity contribution in [1.82, 2.24) is 0 Å². The molecule has 0 radical (unpaired) electrons. The summed E-state index contributed by atoms with van der Waals surface area (Å²) in [6.45, 7) is 4.49. The molecule has 0 bridgehead atoms. The molecule has 21 heavy (non-hydrogen) atoms. The molecule has 118 valence electrons. The Morgan fingerprint density at radius 2 is 2.10 bits per heavy atom. The van der Waals surface area contributed by atoms with E-state index in [1.807, 2.05) is 38.1 Å². The summed E-state index contributed by atoms with van der Waals surface area (Å²) in [5.74, 6) is -0.00521. The van der Waals surface area contributed by atoms with Crippen LogP contribution in [0.5, 0.6) is 0 Å². The summed E-state index contributed by atoms with van der Waals surface area (Å²) in [5.41, 5.74) is 7.77. The summed E-state index contributed by atoms with van der Waals surface area (Å²) in [7, 11) is -3.39. The fraction of sp³-hybridized carbons (Fsp3) is 0.600. The Balaban J connectivity index is 2.24. The highest BCUT2D eigenvalue weighted by molar-refractivity contribution is 7.92.